The van der Waals surface area contributed by atoms with E-state index in [1.807, 2.05) is 0 Å². The van der Waals surface area contributed by atoms with Crippen LogP contribution in [0.25, 0.3) is 0 Å². The lowest BCUT2D eigenvalue weighted by Gasteiger charge is -2.20. The lowest BCUT2D eigenvalue weighted by molar-refractivity contribution is -0.174. The van der Waals surface area contributed by atoms with Gasteiger partial charge < -0.3 is 19.3 Å². The molecule has 1 heterocycles. The minimum Gasteiger partial charge on any atom is -0.455 e. The fourth-order valence-electron chi connectivity index (χ4n) is 1.48. The second-order valence-electron chi connectivity index (χ2n) is 3.37. The van der Waals surface area contributed by atoms with E-state index >= 15 is 0 Å². The van der Waals surface area contributed by atoms with E-state index in [0.29, 0.717) is 0 Å². The Morgan fingerprint density at radius 2 is 1.75 bits per heavy atom. The van der Waals surface area contributed by atoms with Gasteiger partial charge in [0.05, 0.1) is 0 Å². The Bertz CT molecular complexity index is 281. The zero-order valence-corrected chi connectivity index (χ0v) is 8.88. The Labute approximate surface area is 91.3 Å². The van der Waals surface area contributed by atoms with Crippen LogP contribution >= 0.6 is 0 Å². The number of rotatable bonds is 3. The SMILES string of the molecule is CC(=O)O[C@@H]1[C@H](OC(C)=O)[C@@H](CF)O[C@H]1O. The molecule has 0 aromatic rings. The predicted octanol–water partition coefficient (Wildman–Crippen LogP) is -0.464. The van der Waals surface area contributed by atoms with Crippen LogP contribution in [0.5, 0.6) is 0 Å². The van der Waals surface area contributed by atoms with E-state index in [1.54, 1.807) is 0 Å². The number of aliphatic hydroxyl groups excluding tert-OH is 1. The monoisotopic (exact) mass is 236 g/mol. The van der Waals surface area contributed by atoms with Crippen molar-refractivity contribution >= 4 is 11.9 Å². The molecule has 16 heavy (non-hydrogen) atoms. The highest BCUT2D eigenvalue weighted by atomic mass is 19.1. The minimum atomic E-state index is -1.49. The van der Waals surface area contributed by atoms with Crippen molar-refractivity contribution in [2.45, 2.75) is 38.4 Å². The molecular weight excluding hydrogens is 223 g/mol. The molecule has 1 aliphatic heterocycles. The summed E-state index contributed by atoms with van der Waals surface area (Å²) in [5.74, 6) is -1.34. The standard InChI is InChI=1S/C9H13FO6/c1-4(11)14-7-6(3-10)16-9(13)8(7)15-5(2)12/h6-9,13H,3H2,1-2H3/t6-,7-,8-,9-/m1/s1. The third-order valence-electron chi connectivity index (χ3n) is 2.04. The predicted molar refractivity (Wildman–Crippen MR) is 48.0 cm³/mol. The van der Waals surface area contributed by atoms with Gasteiger partial charge in [-0.3, -0.25) is 9.59 Å². The third kappa shape index (κ3) is 2.89. The number of carbonyl (C=O) groups excluding carboxylic acids is 2. The third-order valence-corrected chi connectivity index (χ3v) is 2.04. The number of ether oxygens (including phenoxy) is 3. The van der Waals surface area contributed by atoms with Crippen molar-refractivity contribution in [3.63, 3.8) is 0 Å². The number of alkyl halides is 1. The van der Waals surface area contributed by atoms with E-state index in [1.165, 1.54) is 0 Å². The van der Waals surface area contributed by atoms with Crippen molar-refractivity contribution in [3.8, 4) is 0 Å². The van der Waals surface area contributed by atoms with E-state index in [4.69, 9.17) is 14.2 Å². The van der Waals surface area contributed by atoms with E-state index < -0.39 is 43.2 Å². The van der Waals surface area contributed by atoms with Crippen LogP contribution < -0.4 is 0 Å². The van der Waals surface area contributed by atoms with E-state index in [9.17, 15) is 19.1 Å². The van der Waals surface area contributed by atoms with Crippen molar-refractivity contribution in [2.24, 2.45) is 0 Å². The van der Waals surface area contributed by atoms with Crippen molar-refractivity contribution < 1.29 is 33.3 Å². The van der Waals surface area contributed by atoms with Gasteiger partial charge in [-0.05, 0) is 0 Å². The van der Waals surface area contributed by atoms with Crippen LogP contribution in [-0.2, 0) is 23.8 Å². The van der Waals surface area contributed by atoms with Crippen molar-refractivity contribution in [3.05, 3.63) is 0 Å². The van der Waals surface area contributed by atoms with Gasteiger partial charge in [0, 0.05) is 13.8 Å². The zero-order valence-electron chi connectivity index (χ0n) is 8.88. The quantitative estimate of drug-likeness (QED) is 0.667. The summed E-state index contributed by atoms with van der Waals surface area (Å²) >= 11 is 0. The molecule has 0 aromatic heterocycles. The van der Waals surface area contributed by atoms with Crippen LogP contribution in [0.1, 0.15) is 13.8 Å². The molecule has 6 nitrogen and oxygen atoms in total. The lowest BCUT2D eigenvalue weighted by atomic mass is 10.1. The lowest BCUT2D eigenvalue weighted by Crippen LogP contribution is -2.40. The first-order valence-corrected chi connectivity index (χ1v) is 4.69. The normalized spacial score (nSPS) is 33.5. The van der Waals surface area contributed by atoms with Gasteiger partial charge in [0.1, 0.15) is 12.8 Å². The molecule has 7 heteroatoms. The van der Waals surface area contributed by atoms with E-state index in [0.717, 1.165) is 13.8 Å². The second-order valence-corrected chi connectivity index (χ2v) is 3.37. The Kier molecular flexibility index (Phi) is 4.19. The highest BCUT2D eigenvalue weighted by Crippen LogP contribution is 2.25. The Morgan fingerprint density at radius 1 is 1.25 bits per heavy atom. The highest BCUT2D eigenvalue weighted by molar-refractivity contribution is 5.67. The summed E-state index contributed by atoms with van der Waals surface area (Å²) in [6.07, 6.45) is -4.93. The summed E-state index contributed by atoms with van der Waals surface area (Å²) < 4.78 is 26.7. The van der Waals surface area contributed by atoms with Crippen molar-refractivity contribution in [1.29, 1.82) is 0 Å². The number of esters is 2. The fourth-order valence-corrected chi connectivity index (χ4v) is 1.48. The number of hydrogen-bond acceptors (Lipinski definition) is 6. The molecule has 1 aliphatic rings. The summed E-state index contributed by atoms with van der Waals surface area (Å²) in [5, 5.41) is 9.37. The molecule has 0 unspecified atom stereocenters. The summed E-state index contributed by atoms with van der Waals surface area (Å²) in [7, 11) is 0. The molecule has 0 spiro atoms. The number of carbonyl (C=O) groups is 2. The largest absolute Gasteiger partial charge is 0.455 e. The van der Waals surface area contributed by atoms with E-state index in [2.05, 4.69) is 0 Å². The first kappa shape index (κ1) is 12.9. The van der Waals surface area contributed by atoms with Crippen LogP contribution in [-0.4, -0.2) is 48.3 Å². The van der Waals surface area contributed by atoms with Crippen LogP contribution in [0.3, 0.4) is 0 Å². The average molecular weight is 236 g/mol. The molecule has 0 bridgehead atoms. The Balaban J connectivity index is 2.76. The molecule has 92 valence electrons. The summed E-state index contributed by atoms with van der Waals surface area (Å²) in [4.78, 5) is 21.5. The van der Waals surface area contributed by atoms with Gasteiger partial charge in [-0.2, -0.15) is 0 Å². The van der Waals surface area contributed by atoms with Gasteiger partial charge in [-0.25, -0.2) is 4.39 Å². The number of aliphatic hydroxyl groups is 1. The minimum absolute atomic E-state index is 0.668. The molecule has 0 aromatic carbocycles. The zero-order chi connectivity index (χ0) is 12.3. The van der Waals surface area contributed by atoms with Gasteiger partial charge in [0.25, 0.3) is 0 Å². The fraction of sp³-hybridized carbons (Fsp3) is 0.778. The average Bonchev–Trinajstić information content (AvgIpc) is 2.44. The molecule has 0 aliphatic carbocycles. The molecule has 0 saturated carbocycles. The molecular formula is C9H13FO6. The van der Waals surface area contributed by atoms with E-state index in [-0.39, 0.29) is 0 Å². The molecule has 4 atom stereocenters. The topological polar surface area (TPSA) is 82.1 Å². The maximum absolute atomic E-state index is 12.5. The maximum Gasteiger partial charge on any atom is 0.303 e. The molecule has 1 fully saturated rings. The highest BCUT2D eigenvalue weighted by Gasteiger charge is 2.48. The van der Waals surface area contributed by atoms with Gasteiger partial charge in [0.2, 0.25) is 0 Å². The molecule has 1 saturated heterocycles. The van der Waals surface area contributed by atoms with Gasteiger partial charge in [-0.1, -0.05) is 0 Å². The summed E-state index contributed by atoms with van der Waals surface area (Å²) in [5.41, 5.74) is 0. The van der Waals surface area contributed by atoms with Crippen molar-refractivity contribution in [2.75, 3.05) is 6.67 Å². The maximum atomic E-state index is 12.5. The van der Waals surface area contributed by atoms with Crippen LogP contribution in [0, 0.1) is 0 Å². The molecule has 0 amide bonds. The smallest absolute Gasteiger partial charge is 0.303 e. The number of halogens is 1. The second kappa shape index (κ2) is 5.22. The number of hydrogen-bond donors (Lipinski definition) is 1. The van der Waals surface area contributed by atoms with Crippen molar-refractivity contribution in [1.82, 2.24) is 0 Å². The molecule has 1 rings (SSSR count). The van der Waals surface area contributed by atoms with Crippen LogP contribution in [0.15, 0.2) is 0 Å². The summed E-state index contributed by atoms with van der Waals surface area (Å²) in [6.45, 7) is 1.30. The Hall–Kier alpha value is -1.21. The molecule has 1 N–H and O–H groups in total. The van der Waals surface area contributed by atoms with Gasteiger partial charge in [0.15, 0.2) is 18.5 Å². The van der Waals surface area contributed by atoms with Gasteiger partial charge in [-0.15, -0.1) is 0 Å². The van der Waals surface area contributed by atoms with Crippen LogP contribution in [0.4, 0.5) is 4.39 Å². The first-order chi connectivity index (χ1) is 7.45. The van der Waals surface area contributed by atoms with Gasteiger partial charge >= 0.3 is 11.9 Å². The van der Waals surface area contributed by atoms with Crippen LogP contribution in [0.2, 0.25) is 0 Å². The first-order valence-electron chi connectivity index (χ1n) is 4.69. The molecule has 0 radical (unpaired) electrons. The Morgan fingerprint density at radius 3 is 2.19 bits per heavy atom. The summed E-state index contributed by atoms with van der Waals surface area (Å²) in [6, 6.07) is 0.